The number of rotatable bonds is 6. The predicted molar refractivity (Wildman–Crippen MR) is 71.2 cm³/mol. The second-order valence-electron chi connectivity index (χ2n) is 4.23. The molecule has 0 fully saturated rings. The van der Waals surface area contributed by atoms with Crippen LogP contribution in [0.2, 0.25) is 0 Å². The molecule has 0 saturated heterocycles. The molecule has 2 N–H and O–H groups in total. The Balaban J connectivity index is 2.83. The van der Waals surface area contributed by atoms with Crippen molar-refractivity contribution in [3.05, 3.63) is 48.6 Å². The third-order valence-corrected chi connectivity index (χ3v) is 2.60. The van der Waals surface area contributed by atoms with E-state index in [0.29, 0.717) is 5.56 Å². The Labute approximate surface area is 120 Å². The van der Waals surface area contributed by atoms with E-state index in [0.717, 1.165) is 0 Å². The maximum Gasteiger partial charge on any atom is 0.471 e. The average Bonchev–Trinajstić information content (AvgIpc) is 2.44. The molecule has 1 rings (SSSR count). The van der Waals surface area contributed by atoms with E-state index < -0.39 is 24.0 Å². The Morgan fingerprint density at radius 2 is 1.86 bits per heavy atom. The molecule has 1 atom stereocenters. The first-order valence-corrected chi connectivity index (χ1v) is 6.15. The Morgan fingerprint density at radius 3 is 2.38 bits per heavy atom. The van der Waals surface area contributed by atoms with Gasteiger partial charge in [-0.25, -0.2) is 0 Å². The summed E-state index contributed by atoms with van der Waals surface area (Å²) in [6, 6.07) is 6.95. The summed E-state index contributed by atoms with van der Waals surface area (Å²) in [6.45, 7) is 3.62. The number of carbonyl (C=O) groups excluding carboxylic acids is 2. The van der Waals surface area contributed by atoms with Crippen molar-refractivity contribution in [3.63, 3.8) is 0 Å². The molecule has 0 saturated carbocycles. The molecule has 4 nitrogen and oxygen atoms in total. The third-order valence-electron chi connectivity index (χ3n) is 2.60. The fourth-order valence-electron chi connectivity index (χ4n) is 1.62. The van der Waals surface area contributed by atoms with Gasteiger partial charge in [0.05, 0.1) is 12.5 Å². The van der Waals surface area contributed by atoms with Gasteiger partial charge in [0, 0.05) is 6.54 Å². The van der Waals surface area contributed by atoms with Gasteiger partial charge in [0.1, 0.15) is 0 Å². The lowest BCUT2D eigenvalue weighted by atomic mass is 10.0. The molecule has 1 unspecified atom stereocenters. The quantitative estimate of drug-likeness (QED) is 0.790. The molecule has 0 bridgehead atoms. The second-order valence-corrected chi connectivity index (χ2v) is 4.23. The van der Waals surface area contributed by atoms with E-state index in [1.165, 1.54) is 6.08 Å². The lowest BCUT2D eigenvalue weighted by Gasteiger charge is -2.19. The van der Waals surface area contributed by atoms with Gasteiger partial charge in [0.15, 0.2) is 0 Å². The molecule has 21 heavy (non-hydrogen) atoms. The lowest BCUT2D eigenvalue weighted by molar-refractivity contribution is -0.174. The zero-order valence-corrected chi connectivity index (χ0v) is 11.1. The van der Waals surface area contributed by atoms with Crippen LogP contribution in [-0.4, -0.2) is 24.5 Å². The zero-order valence-electron chi connectivity index (χ0n) is 11.1. The van der Waals surface area contributed by atoms with E-state index in [2.05, 4.69) is 11.9 Å². The summed E-state index contributed by atoms with van der Waals surface area (Å²) in [4.78, 5) is 22.7. The van der Waals surface area contributed by atoms with Crippen molar-refractivity contribution in [2.24, 2.45) is 0 Å². The first-order chi connectivity index (χ1) is 9.84. The first kappa shape index (κ1) is 16.7. The molecule has 1 aromatic carbocycles. The lowest BCUT2D eigenvalue weighted by Crippen LogP contribution is -2.41. The number of alkyl halides is 3. The summed E-state index contributed by atoms with van der Waals surface area (Å²) in [7, 11) is 0. The molecule has 7 heteroatoms. The molecule has 0 spiro atoms. The first-order valence-electron chi connectivity index (χ1n) is 6.15. The second kappa shape index (κ2) is 7.47. The molecule has 0 aliphatic heterocycles. The number of halogens is 3. The van der Waals surface area contributed by atoms with Gasteiger partial charge >= 0.3 is 12.1 Å². The average molecular weight is 300 g/mol. The molecule has 0 radical (unpaired) electrons. The van der Waals surface area contributed by atoms with Gasteiger partial charge in [0.2, 0.25) is 5.91 Å². The highest BCUT2D eigenvalue weighted by Gasteiger charge is 2.40. The van der Waals surface area contributed by atoms with Crippen molar-refractivity contribution >= 4 is 11.8 Å². The van der Waals surface area contributed by atoms with E-state index >= 15 is 0 Å². The number of carbonyl (C=O) groups is 2. The van der Waals surface area contributed by atoms with Crippen LogP contribution in [0, 0.1) is 0 Å². The normalized spacial score (nSPS) is 12.3. The number of nitrogens with one attached hydrogen (secondary N) is 2. The van der Waals surface area contributed by atoms with Crippen LogP contribution in [0.5, 0.6) is 0 Å². The number of hydrogen-bond donors (Lipinski definition) is 2. The highest BCUT2D eigenvalue weighted by Crippen LogP contribution is 2.21. The van der Waals surface area contributed by atoms with Crippen LogP contribution in [0.1, 0.15) is 18.0 Å². The Hall–Kier alpha value is -2.31. The van der Waals surface area contributed by atoms with Crippen LogP contribution < -0.4 is 10.6 Å². The van der Waals surface area contributed by atoms with Gasteiger partial charge < -0.3 is 10.6 Å². The third kappa shape index (κ3) is 5.68. The number of hydrogen-bond acceptors (Lipinski definition) is 2. The van der Waals surface area contributed by atoms with Crippen molar-refractivity contribution in [1.29, 1.82) is 0 Å². The van der Waals surface area contributed by atoms with Gasteiger partial charge in [-0.3, -0.25) is 9.59 Å². The molecule has 0 heterocycles. The van der Waals surface area contributed by atoms with Crippen LogP contribution in [-0.2, 0) is 9.59 Å². The van der Waals surface area contributed by atoms with Crippen LogP contribution >= 0.6 is 0 Å². The van der Waals surface area contributed by atoms with Gasteiger partial charge in [-0.2, -0.15) is 13.2 Å². The molecule has 0 aliphatic rings. The molecular formula is C14H15F3N2O2. The predicted octanol–water partition coefficient (Wildman–Crippen LogP) is 2.10. The maximum absolute atomic E-state index is 12.3. The summed E-state index contributed by atoms with van der Waals surface area (Å²) >= 11 is 0. The topological polar surface area (TPSA) is 58.2 Å². The Morgan fingerprint density at radius 1 is 1.24 bits per heavy atom. The highest BCUT2D eigenvalue weighted by atomic mass is 19.4. The van der Waals surface area contributed by atoms with Crippen molar-refractivity contribution in [2.75, 3.05) is 6.54 Å². The zero-order chi connectivity index (χ0) is 15.9. The van der Waals surface area contributed by atoms with E-state index in [1.807, 2.05) is 5.32 Å². The summed E-state index contributed by atoms with van der Waals surface area (Å²) in [6.07, 6.45) is -3.84. The van der Waals surface area contributed by atoms with Gasteiger partial charge in [0.25, 0.3) is 0 Å². The SMILES string of the molecule is C=CCNC(=O)CC(NC(=O)C(F)(F)F)c1ccccc1. The molecule has 0 aromatic heterocycles. The summed E-state index contributed by atoms with van der Waals surface area (Å²) in [5, 5.41) is 4.28. The smallest absolute Gasteiger partial charge is 0.353 e. The Kier molecular flexibility index (Phi) is 5.95. The van der Waals surface area contributed by atoms with Crippen LogP contribution in [0.3, 0.4) is 0 Å². The number of amides is 2. The van der Waals surface area contributed by atoms with Crippen LogP contribution in [0.25, 0.3) is 0 Å². The van der Waals surface area contributed by atoms with E-state index in [9.17, 15) is 22.8 Å². The van der Waals surface area contributed by atoms with Crippen molar-refractivity contribution < 1.29 is 22.8 Å². The minimum atomic E-state index is -5.00. The fourth-order valence-corrected chi connectivity index (χ4v) is 1.62. The summed E-state index contributed by atoms with van der Waals surface area (Å²) in [5.41, 5.74) is 0.420. The van der Waals surface area contributed by atoms with Gasteiger partial charge in [-0.05, 0) is 5.56 Å². The largest absolute Gasteiger partial charge is 0.471 e. The number of benzene rings is 1. The molecule has 114 valence electrons. The van der Waals surface area contributed by atoms with Crippen LogP contribution in [0.4, 0.5) is 13.2 Å². The fraction of sp³-hybridized carbons (Fsp3) is 0.286. The molecule has 1 aromatic rings. The van der Waals surface area contributed by atoms with Crippen LogP contribution in [0.15, 0.2) is 43.0 Å². The van der Waals surface area contributed by atoms with Crippen molar-refractivity contribution in [1.82, 2.24) is 10.6 Å². The minimum absolute atomic E-state index is 0.202. The minimum Gasteiger partial charge on any atom is -0.353 e. The highest BCUT2D eigenvalue weighted by molar-refractivity contribution is 5.83. The van der Waals surface area contributed by atoms with E-state index in [1.54, 1.807) is 30.3 Å². The summed E-state index contributed by atoms with van der Waals surface area (Å²) < 4.78 is 37.0. The summed E-state index contributed by atoms with van der Waals surface area (Å²) in [5.74, 6) is -2.56. The van der Waals surface area contributed by atoms with Gasteiger partial charge in [-0.15, -0.1) is 6.58 Å². The standard InChI is InChI=1S/C14H15F3N2O2/c1-2-8-18-12(20)9-11(10-6-4-3-5-7-10)19-13(21)14(15,16)17/h2-7,11H,1,8-9H2,(H,18,20)(H,19,21). The van der Waals surface area contributed by atoms with E-state index in [4.69, 9.17) is 0 Å². The molecule has 0 aliphatic carbocycles. The monoisotopic (exact) mass is 300 g/mol. The maximum atomic E-state index is 12.3. The Bertz CT molecular complexity index is 501. The van der Waals surface area contributed by atoms with Gasteiger partial charge in [-0.1, -0.05) is 36.4 Å². The molecular weight excluding hydrogens is 285 g/mol. The van der Waals surface area contributed by atoms with Crippen molar-refractivity contribution in [3.8, 4) is 0 Å². The molecule has 2 amide bonds. The van der Waals surface area contributed by atoms with E-state index in [-0.39, 0.29) is 13.0 Å². The van der Waals surface area contributed by atoms with Crippen molar-refractivity contribution in [2.45, 2.75) is 18.6 Å².